The predicted molar refractivity (Wildman–Crippen MR) is 87.3 cm³/mol. The van der Waals surface area contributed by atoms with E-state index in [0.29, 0.717) is 48.3 Å². The number of aromatic nitrogens is 1. The minimum Gasteiger partial charge on any atom is -0.486 e. The van der Waals surface area contributed by atoms with Crippen LogP contribution in [-0.4, -0.2) is 42.6 Å². The second kappa shape index (κ2) is 6.87. The van der Waals surface area contributed by atoms with Crippen molar-refractivity contribution in [2.45, 2.75) is 6.42 Å². The van der Waals surface area contributed by atoms with Gasteiger partial charge in [0, 0.05) is 37.5 Å². The first-order valence-electron chi connectivity index (χ1n) is 7.39. The van der Waals surface area contributed by atoms with E-state index in [4.69, 9.17) is 21.1 Å². The Morgan fingerprint density at radius 3 is 2.91 bits per heavy atom. The second-order valence-corrected chi connectivity index (χ2v) is 5.69. The minimum absolute atomic E-state index is 0.111. The van der Waals surface area contributed by atoms with Crippen LogP contribution >= 0.6 is 11.6 Å². The predicted octanol–water partition coefficient (Wildman–Crippen LogP) is 2.82. The summed E-state index contributed by atoms with van der Waals surface area (Å²) < 4.78 is 11.0. The van der Waals surface area contributed by atoms with Crippen molar-refractivity contribution in [1.29, 1.82) is 0 Å². The van der Waals surface area contributed by atoms with Crippen LogP contribution in [0.15, 0.2) is 36.5 Å². The van der Waals surface area contributed by atoms with Crippen molar-refractivity contribution in [2.75, 3.05) is 26.8 Å². The Bertz CT molecular complexity index is 706. The van der Waals surface area contributed by atoms with Crippen LogP contribution < -0.4 is 9.47 Å². The third-order valence-corrected chi connectivity index (χ3v) is 3.90. The first-order valence-corrected chi connectivity index (χ1v) is 7.77. The highest BCUT2D eigenvalue weighted by Gasteiger charge is 2.20. The van der Waals surface area contributed by atoms with Crippen LogP contribution in [0.1, 0.15) is 16.1 Å². The summed E-state index contributed by atoms with van der Waals surface area (Å²) in [5.74, 6) is 0.913. The van der Waals surface area contributed by atoms with Gasteiger partial charge in [-0.1, -0.05) is 17.7 Å². The van der Waals surface area contributed by atoms with E-state index in [1.165, 1.54) is 0 Å². The Kier molecular flexibility index (Phi) is 4.67. The molecule has 0 bridgehead atoms. The molecule has 0 spiro atoms. The molecule has 1 aromatic carbocycles. The number of ether oxygens (including phenoxy) is 2. The van der Waals surface area contributed by atoms with E-state index in [9.17, 15) is 4.79 Å². The third kappa shape index (κ3) is 3.56. The van der Waals surface area contributed by atoms with Gasteiger partial charge in [-0.3, -0.25) is 9.78 Å². The van der Waals surface area contributed by atoms with E-state index in [2.05, 4.69) is 4.98 Å². The van der Waals surface area contributed by atoms with Crippen LogP contribution in [-0.2, 0) is 6.42 Å². The van der Waals surface area contributed by atoms with Gasteiger partial charge in [-0.25, -0.2) is 0 Å². The molecule has 1 aliphatic rings. The Morgan fingerprint density at radius 2 is 2.13 bits per heavy atom. The SMILES string of the molecule is CN(CCc1ccccn1)C(=O)c1cc(Cl)c2c(c1)OCCO2. The monoisotopic (exact) mass is 332 g/mol. The number of hydrogen-bond donors (Lipinski definition) is 0. The van der Waals surface area contributed by atoms with Gasteiger partial charge >= 0.3 is 0 Å². The molecule has 3 rings (SSSR count). The van der Waals surface area contributed by atoms with Crippen LogP contribution in [0.2, 0.25) is 5.02 Å². The van der Waals surface area contributed by atoms with E-state index < -0.39 is 0 Å². The quantitative estimate of drug-likeness (QED) is 0.864. The smallest absolute Gasteiger partial charge is 0.253 e. The lowest BCUT2D eigenvalue weighted by molar-refractivity contribution is 0.0795. The lowest BCUT2D eigenvalue weighted by Gasteiger charge is -2.22. The van der Waals surface area contributed by atoms with Crippen LogP contribution in [0.25, 0.3) is 0 Å². The molecule has 2 heterocycles. The molecule has 0 saturated heterocycles. The summed E-state index contributed by atoms with van der Waals surface area (Å²) in [4.78, 5) is 18.5. The van der Waals surface area contributed by atoms with Crippen molar-refractivity contribution in [3.8, 4) is 11.5 Å². The van der Waals surface area contributed by atoms with Gasteiger partial charge in [-0.15, -0.1) is 0 Å². The van der Waals surface area contributed by atoms with Gasteiger partial charge in [0.2, 0.25) is 0 Å². The molecule has 1 amide bonds. The molecule has 2 aromatic rings. The molecule has 0 N–H and O–H groups in total. The third-order valence-electron chi connectivity index (χ3n) is 3.62. The topological polar surface area (TPSA) is 51.7 Å². The first-order chi connectivity index (χ1) is 11.1. The highest BCUT2D eigenvalue weighted by Crippen LogP contribution is 2.38. The Labute approximate surface area is 139 Å². The molecule has 6 heteroatoms. The number of nitrogens with zero attached hydrogens (tertiary/aromatic N) is 2. The number of rotatable bonds is 4. The van der Waals surface area contributed by atoms with E-state index in [-0.39, 0.29) is 5.91 Å². The van der Waals surface area contributed by atoms with Crippen molar-refractivity contribution in [2.24, 2.45) is 0 Å². The summed E-state index contributed by atoms with van der Waals surface area (Å²) in [5, 5.41) is 0.392. The molecule has 0 unspecified atom stereocenters. The van der Waals surface area contributed by atoms with Gasteiger partial charge < -0.3 is 14.4 Å². The number of hydrogen-bond acceptors (Lipinski definition) is 4. The van der Waals surface area contributed by atoms with Gasteiger partial charge in [-0.05, 0) is 24.3 Å². The average molecular weight is 333 g/mol. The number of halogens is 1. The fourth-order valence-corrected chi connectivity index (χ4v) is 2.65. The number of carbonyl (C=O) groups is 1. The average Bonchev–Trinajstić information content (AvgIpc) is 2.60. The fraction of sp³-hybridized carbons (Fsp3) is 0.294. The molecule has 23 heavy (non-hydrogen) atoms. The van der Waals surface area contributed by atoms with Crippen molar-refractivity contribution in [3.63, 3.8) is 0 Å². The lowest BCUT2D eigenvalue weighted by Crippen LogP contribution is -2.29. The fourth-order valence-electron chi connectivity index (χ4n) is 2.38. The van der Waals surface area contributed by atoms with Crippen LogP contribution in [0, 0.1) is 0 Å². The van der Waals surface area contributed by atoms with E-state index >= 15 is 0 Å². The summed E-state index contributed by atoms with van der Waals surface area (Å²) in [5.41, 5.74) is 1.44. The zero-order valence-electron chi connectivity index (χ0n) is 12.8. The van der Waals surface area contributed by atoms with Gasteiger partial charge in [-0.2, -0.15) is 0 Å². The zero-order chi connectivity index (χ0) is 16.2. The van der Waals surface area contributed by atoms with E-state index in [1.807, 2.05) is 18.2 Å². The van der Waals surface area contributed by atoms with Crippen molar-refractivity contribution in [3.05, 3.63) is 52.8 Å². The summed E-state index contributed by atoms with van der Waals surface area (Å²) in [7, 11) is 1.76. The molecule has 5 nitrogen and oxygen atoms in total. The summed E-state index contributed by atoms with van der Waals surface area (Å²) in [6, 6.07) is 9.05. The standard InChI is InChI=1S/C17H17ClN2O3/c1-20(7-5-13-4-2-3-6-19-13)17(21)12-10-14(18)16-15(11-12)22-8-9-23-16/h2-4,6,10-11H,5,7-9H2,1H3. The number of amides is 1. The highest BCUT2D eigenvalue weighted by atomic mass is 35.5. The Hall–Kier alpha value is -2.27. The van der Waals surface area contributed by atoms with Crippen molar-refractivity contribution < 1.29 is 14.3 Å². The molecule has 0 radical (unpaired) electrons. The lowest BCUT2D eigenvalue weighted by atomic mass is 10.1. The number of pyridine rings is 1. The van der Waals surface area contributed by atoms with E-state index in [1.54, 1.807) is 30.3 Å². The molecule has 1 aliphatic heterocycles. The van der Waals surface area contributed by atoms with Crippen molar-refractivity contribution in [1.82, 2.24) is 9.88 Å². The molecule has 0 atom stereocenters. The molecule has 1 aromatic heterocycles. The van der Waals surface area contributed by atoms with Gasteiger partial charge in [0.1, 0.15) is 13.2 Å². The molecular formula is C17H17ClN2O3. The van der Waals surface area contributed by atoms with Gasteiger partial charge in [0.15, 0.2) is 11.5 Å². The minimum atomic E-state index is -0.111. The molecule has 0 fully saturated rings. The number of carbonyl (C=O) groups excluding carboxylic acids is 1. The first kappa shape index (κ1) is 15.6. The summed E-state index contributed by atoms with van der Waals surface area (Å²) in [6.45, 7) is 1.49. The summed E-state index contributed by atoms with van der Waals surface area (Å²) >= 11 is 6.18. The highest BCUT2D eigenvalue weighted by molar-refractivity contribution is 6.32. The maximum Gasteiger partial charge on any atom is 0.253 e. The number of likely N-dealkylation sites (N-methyl/N-ethyl adjacent to an activating group) is 1. The van der Waals surface area contributed by atoms with E-state index in [0.717, 1.165) is 5.69 Å². The van der Waals surface area contributed by atoms with Crippen LogP contribution in [0.3, 0.4) is 0 Å². The summed E-state index contributed by atoms with van der Waals surface area (Å²) in [6.07, 6.45) is 2.44. The largest absolute Gasteiger partial charge is 0.486 e. The second-order valence-electron chi connectivity index (χ2n) is 5.28. The normalized spacial score (nSPS) is 12.8. The zero-order valence-corrected chi connectivity index (χ0v) is 13.5. The molecular weight excluding hydrogens is 316 g/mol. The van der Waals surface area contributed by atoms with Gasteiger partial charge in [0.25, 0.3) is 5.91 Å². The van der Waals surface area contributed by atoms with Gasteiger partial charge in [0.05, 0.1) is 5.02 Å². The maximum atomic E-state index is 12.6. The molecule has 0 saturated carbocycles. The van der Waals surface area contributed by atoms with Crippen LogP contribution in [0.5, 0.6) is 11.5 Å². The Balaban J connectivity index is 1.71. The number of fused-ring (bicyclic) bond motifs is 1. The van der Waals surface area contributed by atoms with Crippen LogP contribution in [0.4, 0.5) is 0 Å². The van der Waals surface area contributed by atoms with Crippen molar-refractivity contribution >= 4 is 17.5 Å². The number of benzene rings is 1. The molecule has 0 aliphatic carbocycles. The maximum absolute atomic E-state index is 12.6. The molecule has 120 valence electrons. The Morgan fingerprint density at radius 1 is 1.30 bits per heavy atom.